The molecule has 0 aromatic rings. The molecule has 1 heterocycles. The maximum atomic E-state index is 6.18. The minimum Gasteiger partial charge on any atom is -0.414 e. The van der Waals surface area contributed by atoms with Gasteiger partial charge in [0.25, 0.3) is 0 Å². The van der Waals surface area contributed by atoms with Crippen molar-refractivity contribution in [2.75, 3.05) is 13.2 Å². The van der Waals surface area contributed by atoms with Gasteiger partial charge in [-0.05, 0) is 37.6 Å². The fraction of sp³-hybridized carbons (Fsp3) is 0.857. The third-order valence-corrected chi connectivity index (χ3v) is 8.29. The summed E-state index contributed by atoms with van der Waals surface area (Å²) in [5.41, 5.74) is 0. The molecular formula is C14H28O3Si. The van der Waals surface area contributed by atoms with Crippen molar-refractivity contribution in [2.45, 2.75) is 64.6 Å². The van der Waals surface area contributed by atoms with Gasteiger partial charge < -0.3 is 13.9 Å². The summed E-state index contributed by atoms with van der Waals surface area (Å²) in [7, 11) is -1.67. The molecule has 1 aliphatic heterocycles. The predicted molar refractivity (Wildman–Crippen MR) is 77.2 cm³/mol. The molecule has 0 spiro atoms. The standard InChI is InChI=1S/C14H28O3Si/c1-7-15-13-10-8-9-12(17-13)11-16-18(5,6)14(2,3)4/h8,10,12-13H,7,9,11H2,1-6H3/t12-,13?/m0/s1. The molecule has 0 fully saturated rings. The lowest BCUT2D eigenvalue weighted by molar-refractivity contribution is -0.152. The molecule has 0 saturated heterocycles. The Hall–Kier alpha value is -0.163. The average molecular weight is 272 g/mol. The SMILES string of the molecule is CCOC1C=CC[C@@H](CO[Si](C)(C)C(C)(C)C)O1. The summed E-state index contributed by atoms with van der Waals surface area (Å²) in [6.45, 7) is 14.6. The van der Waals surface area contributed by atoms with Crippen molar-refractivity contribution in [3.05, 3.63) is 12.2 Å². The van der Waals surface area contributed by atoms with Crippen molar-refractivity contribution in [3.8, 4) is 0 Å². The van der Waals surface area contributed by atoms with Crippen LogP contribution in [0.15, 0.2) is 12.2 Å². The summed E-state index contributed by atoms with van der Waals surface area (Å²) >= 11 is 0. The molecule has 106 valence electrons. The van der Waals surface area contributed by atoms with E-state index in [1.807, 2.05) is 13.0 Å². The van der Waals surface area contributed by atoms with Crippen LogP contribution < -0.4 is 0 Å². The fourth-order valence-corrected chi connectivity index (χ4v) is 2.55. The molecule has 1 aliphatic rings. The van der Waals surface area contributed by atoms with Crippen LogP contribution in [-0.2, 0) is 13.9 Å². The highest BCUT2D eigenvalue weighted by Gasteiger charge is 2.37. The molecule has 0 saturated carbocycles. The zero-order chi connectivity index (χ0) is 13.8. The van der Waals surface area contributed by atoms with E-state index in [4.69, 9.17) is 13.9 Å². The van der Waals surface area contributed by atoms with Crippen molar-refractivity contribution in [3.63, 3.8) is 0 Å². The van der Waals surface area contributed by atoms with Gasteiger partial charge in [-0.25, -0.2) is 0 Å². The van der Waals surface area contributed by atoms with Gasteiger partial charge in [0.2, 0.25) is 0 Å². The van der Waals surface area contributed by atoms with Crippen LogP contribution >= 0.6 is 0 Å². The first-order valence-electron chi connectivity index (χ1n) is 6.84. The van der Waals surface area contributed by atoms with Crippen LogP contribution in [-0.4, -0.2) is 33.9 Å². The first-order chi connectivity index (χ1) is 8.26. The summed E-state index contributed by atoms with van der Waals surface area (Å²) < 4.78 is 17.5. The molecule has 2 atom stereocenters. The number of rotatable bonds is 5. The van der Waals surface area contributed by atoms with E-state index >= 15 is 0 Å². The van der Waals surface area contributed by atoms with Crippen LogP contribution in [0.25, 0.3) is 0 Å². The molecule has 0 aromatic heterocycles. The summed E-state index contributed by atoms with van der Waals surface area (Å²) in [5, 5.41) is 0.247. The zero-order valence-corrected chi connectivity index (χ0v) is 13.7. The first kappa shape index (κ1) is 15.9. The molecule has 0 bridgehead atoms. The lowest BCUT2D eigenvalue weighted by Gasteiger charge is -2.37. The van der Waals surface area contributed by atoms with Crippen LogP contribution in [0.5, 0.6) is 0 Å². The molecule has 1 unspecified atom stereocenters. The largest absolute Gasteiger partial charge is 0.414 e. The highest BCUT2D eigenvalue weighted by Crippen LogP contribution is 2.36. The minimum atomic E-state index is -1.67. The van der Waals surface area contributed by atoms with E-state index in [1.165, 1.54) is 0 Å². The third kappa shape index (κ3) is 4.50. The third-order valence-electron chi connectivity index (χ3n) is 3.79. The topological polar surface area (TPSA) is 27.7 Å². The Labute approximate surface area is 113 Å². The maximum absolute atomic E-state index is 6.18. The van der Waals surface area contributed by atoms with Gasteiger partial charge in [-0.2, -0.15) is 0 Å². The van der Waals surface area contributed by atoms with Gasteiger partial charge in [0.1, 0.15) is 0 Å². The number of ether oxygens (including phenoxy) is 2. The van der Waals surface area contributed by atoms with E-state index in [9.17, 15) is 0 Å². The Morgan fingerprint density at radius 1 is 1.33 bits per heavy atom. The monoisotopic (exact) mass is 272 g/mol. The lowest BCUT2D eigenvalue weighted by Crippen LogP contribution is -2.43. The predicted octanol–water partition coefficient (Wildman–Crippen LogP) is 3.72. The Kier molecular flexibility index (Phi) is 5.59. The van der Waals surface area contributed by atoms with Crippen molar-refractivity contribution in [1.82, 2.24) is 0 Å². The molecule has 0 amide bonds. The minimum absolute atomic E-state index is 0.126. The van der Waals surface area contributed by atoms with Crippen LogP contribution in [0.2, 0.25) is 18.1 Å². The van der Waals surface area contributed by atoms with Gasteiger partial charge in [-0.15, -0.1) is 0 Å². The molecule has 1 rings (SSSR count). The summed E-state index contributed by atoms with van der Waals surface area (Å²) in [6.07, 6.45) is 4.95. The van der Waals surface area contributed by atoms with Gasteiger partial charge in [0.05, 0.1) is 12.7 Å². The molecule has 4 heteroatoms. The molecule has 0 N–H and O–H groups in total. The van der Waals surface area contributed by atoms with Crippen LogP contribution in [0.4, 0.5) is 0 Å². The van der Waals surface area contributed by atoms with Gasteiger partial charge in [-0.1, -0.05) is 26.8 Å². The van der Waals surface area contributed by atoms with Gasteiger partial charge >= 0.3 is 0 Å². The first-order valence-corrected chi connectivity index (χ1v) is 9.75. The summed E-state index contributed by atoms with van der Waals surface area (Å²) in [4.78, 5) is 0. The Morgan fingerprint density at radius 3 is 2.56 bits per heavy atom. The van der Waals surface area contributed by atoms with Crippen LogP contribution in [0.3, 0.4) is 0 Å². The zero-order valence-electron chi connectivity index (χ0n) is 12.7. The van der Waals surface area contributed by atoms with E-state index in [2.05, 4.69) is 39.9 Å². The Bertz CT molecular complexity index is 281. The Balaban J connectivity index is 2.43. The molecule has 0 aromatic carbocycles. The van der Waals surface area contributed by atoms with Crippen molar-refractivity contribution in [2.24, 2.45) is 0 Å². The summed E-state index contributed by atoms with van der Waals surface area (Å²) in [5.74, 6) is 0. The van der Waals surface area contributed by atoms with Gasteiger partial charge in [0, 0.05) is 6.61 Å². The second kappa shape index (κ2) is 6.33. The Morgan fingerprint density at radius 2 is 2.00 bits per heavy atom. The molecule has 18 heavy (non-hydrogen) atoms. The van der Waals surface area contributed by atoms with E-state index in [-0.39, 0.29) is 17.4 Å². The van der Waals surface area contributed by atoms with E-state index in [1.54, 1.807) is 0 Å². The van der Waals surface area contributed by atoms with Crippen LogP contribution in [0.1, 0.15) is 34.1 Å². The fourth-order valence-electron chi connectivity index (χ4n) is 1.52. The van der Waals surface area contributed by atoms with Gasteiger partial charge in [-0.3, -0.25) is 0 Å². The molecule has 0 aliphatic carbocycles. The quantitative estimate of drug-likeness (QED) is 0.564. The second-order valence-corrected chi connectivity index (χ2v) is 11.1. The van der Waals surface area contributed by atoms with Crippen molar-refractivity contribution in [1.29, 1.82) is 0 Å². The molecule has 3 nitrogen and oxygen atoms in total. The molecular weight excluding hydrogens is 244 g/mol. The van der Waals surface area contributed by atoms with E-state index in [0.717, 1.165) is 6.42 Å². The highest BCUT2D eigenvalue weighted by molar-refractivity contribution is 6.74. The van der Waals surface area contributed by atoms with Gasteiger partial charge in [0.15, 0.2) is 14.6 Å². The lowest BCUT2D eigenvalue weighted by atomic mass is 10.2. The molecule has 0 radical (unpaired) electrons. The van der Waals surface area contributed by atoms with Crippen molar-refractivity contribution >= 4 is 8.32 Å². The smallest absolute Gasteiger partial charge is 0.192 e. The second-order valence-electron chi connectivity index (χ2n) is 6.32. The number of hydrogen-bond donors (Lipinski definition) is 0. The van der Waals surface area contributed by atoms with Crippen LogP contribution in [0, 0.1) is 0 Å². The van der Waals surface area contributed by atoms with E-state index in [0.29, 0.717) is 13.2 Å². The maximum Gasteiger partial charge on any atom is 0.192 e. The average Bonchev–Trinajstić information content (AvgIpc) is 2.26. The number of hydrogen-bond acceptors (Lipinski definition) is 3. The summed E-state index contributed by atoms with van der Waals surface area (Å²) in [6, 6.07) is 0. The normalized spacial score (nSPS) is 25.4. The highest BCUT2D eigenvalue weighted by atomic mass is 28.4. The van der Waals surface area contributed by atoms with Crippen molar-refractivity contribution < 1.29 is 13.9 Å². The van der Waals surface area contributed by atoms with E-state index < -0.39 is 8.32 Å².